The van der Waals surface area contributed by atoms with E-state index in [4.69, 9.17) is 24.7 Å². The van der Waals surface area contributed by atoms with Gasteiger partial charge in [0, 0.05) is 38.9 Å². The third-order valence-corrected chi connectivity index (χ3v) is 8.17. The van der Waals surface area contributed by atoms with E-state index in [9.17, 15) is 14.4 Å². The Labute approximate surface area is 259 Å². The summed E-state index contributed by atoms with van der Waals surface area (Å²) < 4.78 is 18.5. The molecule has 3 rings (SSSR count). The Kier molecular flexibility index (Phi) is 20.7. The lowest BCUT2D eigenvalue weighted by Crippen LogP contribution is -2.38. The number of carbonyl (C=O) groups excluding carboxylic acids is 4. The number of amides is 3. The summed E-state index contributed by atoms with van der Waals surface area (Å²) in [5.74, 6) is 0.866. The SMILES string of the molecule is C=O.CC(OCCOCCSC1CC(=O)N(CC2CCCCC2)C1=O)C(=O)N(C)CCOCc1cn(CCN)nn1.CN. The Morgan fingerprint density at radius 2 is 1.86 bits per heavy atom. The van der Waals surface area contributed by atoms with E-state index in [1.54, 1.807) is 29.7 Å². The quantitative estimate of drug-likeness (QED) is 0.169. The van der Waals surface area contributed by atoms with Crippen molar-refractivity contribution in [3.05, 3.63) is 11.9 Å². The summed E-state index contributed by atoms with van der Waals surface area (Å²) in [6, 6.07) is 0. The van der Waals surface area contributed by atoms with Gasteiger partial charge in [-0.3, -0.25) is 24.0 Å². The summed E-state index contributed by atoms with van der Waals surface area (Å²) in [7, 11) is 3.21. The molecule has 1 aliphatic carbocycles. The molecule has 246 valence electrons. The second kappa shape index (κ2) is 23.0. The first kappa shape index (κ1) is 38.6. The maximum Gasteiger partial charge on any atom is 0.251 e. The molecule has 1 aliphatic heterocycles. The molecule has 0 radical (unpaired) electrons. The van der Waals surface area contributed by atoms with Gasteiger partial charge < -0.3 is 35.4 Å². The largest absolute Gasteiger partial charge is 0.378 e. The number of carbonyl (C=O) groups is 4. The number of ether oxygens (including phenoxy) is 3. The van der Waals surface area contributed by atoms with Gasteiger partial charge in [0.1, 0.15) is 18.6 Å². The van der Waals surface area contributed by atoms with Crippen LogP contribution < -0.4 is 11.5 Å². The Hall–Kier alpha value is -2.43. The van der Waals surface area contributed by atoms with Gasteiger partial charge in [-0.05, 0) is 32.7 Å². The monoisotopic (exact) mass is 629 g/mol. The third kappa shape index (κ3) is 14.3. The van der Waals surface area contributed by atoms with Crippen LogP contribution in [0.1, 0.15) is 51.1 Å². The number of nitrogens with two attached hydrogens (primary N) is 2. The first-order valence-corrected chi connectivity index (χ1v) is 15.9. The standard InChI is InChI=1S/C26H44N6O6S.CH5N.CH2O/c1-20(25(34)30(2)10-11-37-19-22-18-31(9-8-27)29-28-22)38-13-12-36-14-15-39-23-16-24(33)32(26(23)35)17-21-6-4-3-5-7-21;2*1-2/h18,20-21,23H,3-17,19,27H2,1-2H3;2H2,1H3;1H2. The van der Waals surface area contributed by atoms with Gasteiger partial charge in [0.25, 0.3) is 5.91 Å². The Balaban J connectivity index is 0.00000221. The molecule has 0 spiro atoms. The van der Waals surface area contributed by atoms with E-state index in [0.29, 0.717) is 70.0 Å². The van der Waals surface area contributed by atoms with Gasteiger partial charge in [0.2, 0.25) is 11.8 Å². The maximum atomic E-state index is 12.7. The first-order chi connectivity index (χ1) is 20.9. The summed E-state index contributed by atoms with van der Waals surface area (Å²) in [4.78, 5) is 48.6. The molecule has 2 heterocycles. The molecule has 1 aromatic heterocycles. The van der Waals surface area contributed by atoms with E-state index >= 15 is 0 Å². The molecule has 3 amide bonds. The highest BCUT2D eigenvalue weighted by Crippen LogP contribution is 2.29. The number of hydrogen-bond acceptors (Lipinski definition) is 12. The molecule has 0 bridgehead atoms. The minimum absolute atomic E-state index is 0.0417. The maximum absolute atomic E-state index is 12.7. The van der Waals surface area contributed by atoms with E-state index < -0.39 is 6.10 Å². The van der Waals surface area contributed by atoms with Gasteiger partial charge in [0.15, 0.2) is 0 Å². The molecule has 1 aromatic rings. The third-order valence-electron chi connectivity index (χ3n) is 7.00. The number of likely N-dealkylation sites (tertiary alicyclic amines) is 1. The van der Waals surface area contributed by atoms with E-state index in [1.165, 1.54) is 43.0 Å². The van der Waals surface area contributed by atoms with Crippen LogP contribution >= 0.6 is 11.8 Å². The molecule has 1 saturated heterocycles. The normalized spacial score (nSPS) is 17.6. The van der Waals surface area contributed by atoms with E-state index in [1.807, 2.05) is 6.79 Å². The van der Waals surface area contributed by atoms with Crippen molar-refractivity contribution in [3.63, 3.8) is 0 Å². The number of aromatic nitrogens is 3. The predicted octanol–water partition coefficient (Wildman–Crippen LogP) is 0.465. The van der Waals surface area contributed by atoms with Crippen LogP contribution in [0.25, 0.3) is 0 Å². The van der Waals surface area contributed by atoms with Gasteiger partial charge in [-0.1, -0.05) is 24.5 Å². The number of thioether (sulfide) groups is 1. The van der Waals surface area contributed by atoms with Crippen molar-refractivity contribution in [2.75, 3.05) is 65.9 Å². The topological polar surface area (TPSA) is 185 Å². The lowest BCUT2D eigenvalue weighted by atomic mass is 9.89. The summed E-state index contributed by atoms with van der Waals surface area (Å²) in [6.45, 7) is 7.60. The molecule has 2 atom stereocenters. The molecule has 15 heteroatoms. The molecule has 2 unspecified atom stereocenters. The summed E-state index contributed by atoms with van der Waals surface area (Å²) in [5, 5.41) is 7.66. The van der Waals surface area contributed by atoms with Crippen molar-refractivity contribution in [2.45, 2.75) is 70.0 Å². The number of hydrogen-bond donors (Lipinski definition) is 2. The lowest BCUT2D eigenvalue weighted by molar-refractivity contribution is -0.143. The number of nitrogens with zero attached hydrogens (tertiary/aromatic N) is 5. The fraction of sp³-hybridized carbons (Fsp3) is 0.786. The first-order valence-electron chi connectivity index (χ1n) is 14.8. The second-order valence-electron chi connectivity index (χ2n) is 10.1. The zero-order valence-electron chi connectivity index (χ0n) is 26.0. The van der Waals surface area contributed by atoms with Crippen LogP contribution in [0.5, 0.6) is 0 Å². The molecule has 0 aromatic carbocycles. The molecule has 4 N–H and O–H groups in total. The van der Waals surface area contributed by atoms with Crippen LogP contribution in [0.4, 0.5) is 0 Å². The Morgan fingerprint density at radius 1 is 1.14 bits per heavy atom. The Bertz CT molecular complexity index is 933. The number of imide groups is 1. The fourth-order valence-corrected chi connectivity index (χ4v) is 5.78. The van der Waals surface area contributed by atoms with Crippen LogP contribution in [0.2, 0.25) is 0 Å². The summed E-state index contributed by atoms with van der Waals surface area (Å²) >= 11 is 1.48. The van der Waals surface area contributed by atoms with Gasteiger partial charge >= 0.3 is 0 Å². The molecule has 2 aliphatic rings. The Morgan fingerprint density at radius 3 is 2.56 bits per heavy atom. The van der Waals surface area contributed by atoms with Gasteiger partial charge in [-0.15, -0.1) is 16.9 Å². The minimum atomic E-state index is -0.596. The smallest absolute Gasteiger partial charge is 0.251 e. The molecular weight excluding hydrogens is 578 g/mol. The fourth-order valence-electron chi connectivity index (χ4n) is 4.75. The summed E-state index contributed by atoms with van der Waals surface area (Å²) in [6.07, 6.45) is 7.36. The number of rotatable bonds is 18. The molecule has 43 heavy (non-hydrogen) atoms. The zero-order chi connectivity index (χ0) is 32.0. The predicted molar refractivity (Wildman–Crippen MR) is 164 cm³/mol. The van der Waals surface area contributed by atoms with Crippen LogP contribution in [-0.4, -0.2) is 127 Å². The van der Waals surface area contributed by atoms with E-state index in [-0.39, 0.29) is 36.0 Å². The van der Waals surface area contributed by atoms with Gasteiger partial charge in [0.05, 0.1) is 51.0 Å². The molecule has 2 fully saturated rings. The van der Waals surface area contributed by atoms with Crippen LogP contribution in [0, 0.1) is 5.92 Å². The van der Waals surface area contributed by atoms with Crippen molar-refractivity contribution >= 4 is 36.3 Å². The average molecular weight is 630 g/mol. The number of likely N-dealkylation sites (N-methyl/N-ethyl adjacent to an activating group) is 1. The van der Waals surface area contributed by atoms with Crippen LogP contribution in [0.15, 0.2) is 6.20 Å². The molecule has 1 saturated carbocycles. The lowest BCUT2D eigenvalue weighted by Gasteiger charge is -2.25. The van der Waals surface area contributed by atoms with Gasteiger partial charge in [-0.2, -0.15) is 0 Å². The van der Waals surface area contributed by atoms with Crippen molar-refractivity contribution in [1.29, 1.82) is 0 Å². The van der Waals surface area contributed by atoms with Crippen LogP contribution in [0.3, 0.4) is 0 Å². The van der Waals surface area contributed by atoms with Crippen molar-refractivity contribution in [3.8, 4) is 0 Å². The highest BCUT2D eigenvalue weighted by molar-refractivity contribution is 8.00. The van der Waals surface area contributed by atoms with Crippen molar-refractivity contribution in [2.24, 2.45) is 17.4 Å². The van der Waals surface area contributed by atoms with Crippen LogP contribution in [-0.2, 0) is 46.5 Å². The van der Waals surface area contributed by atoms with E-state index in [0.717, 1.165) is 12.8 Å². The minimum Gasteiger partial charge on any atom is -0.378 e. The average Bonchev–Trinajstić information content (AvgIpc) is 3.59. The van der Waals surface area contributed by atoms with E-state index in [2.05, 4.69) is 16.0 Å². The van der Waals surface area contributed by atoms with Crippen molar-refractivity contribution < 1.29 is 33.4 Å². The second-order valence-corrected chi connectivity index (χ2v) is 11.4. The highest BCUT2D eigenvalue weighted by atomic mass is 32.2. The van der Waals surface area contributed by atoms with Gasteiger partial charge in [-0.25, -0.2) is 0 Å². The molecular formula is C28H51N7O7S. The molecule has 14 nitrogen and oxygen atoms in total. The highest BCUT2D eigenvalue weighted by Gasteiger charge is 2.39. The zero-order valence-corrected chi connectivity index (χ0v) is 26.8. The summed E-state index contributed by atoms with van der Waals surface area (Å²) in [5.41, 5.74) is 10.7. The van der Waals surface area contributed by atoms with Crippen molar-refractivity contribution in [1.82, 2.24) is 24.8 Å².